The van der Waals surface area contributed by atoms with Gasteiger partial charge in [-0.05, 0) is 75.1 Å². The van der Waals surface area contributed by atoms with Gasteiger partial charge in [-0.2, -0.15) is 0 Å². The summed E-state index contributed by atoms with van der Waals surface area (Å²) in [5, 5.41) is 2.87. The fourth-order valence-corrected chi connectivity index (χ4v) is 5.42. The molecule has 4 rings (SSSR count). The van der Waals surface area contributed by atoms with Gasteiger partial charge in [-0.1, -0.05) is 15.9 Å². The summed E-state index contributed by atoms with van der Waals surface area (Å²) in [6.45, 7) is 5.56. The first kappa shape index (κ1) is 17.7. The van der Waals surface area contributed by atoms with Crippen molar-refractivity contribution in [3.05, 3.63) is 27.7 Å². The minimum absolute atomic E-state index is 0.141. The molecule has 2 bridgehead atoms. The van der Waals surface area contributed by atoms with Gasteiger partial charge in [0.25, 0.3) is 0 Å². The van der Waals surface area contributed by atoms with Crippen LogP contribution >= 0.6 is 15.9 Å². The third kappa shape index (κ3) is 2.53. The van der Waals surface area contributed by atoms with E-state index in [0.29, 0.717) is 17.5 Å². The summed E-state index contributed by atoms with van der Waals surface area (Å²) in [5.41, 5.74) is 2.72. The van der Waals surface area contributed by atoms with E-state index < -0.39 is 6.04 Å². The van der Waals surface area contributed by atoms with Gasteiger partial charge in [-0.25, -0.2) is 0 Å². The molecule has 0 spiro atoms. The van der Waals surface area contributed by atoms with Crippen molar-refractivity contribution in [3.63, 3.8) is 0 Å². The molecule has 1 aliphatic heterocycles. The number of likely N-dealkylation sites (tertiary alicyclic amines) is 1. The Morgan fingerprint density at radius 3 is 2.12 bits per heavy atom. The first-order valence-electron chi connectivity index (χ1n) is 9.24. The van der Waals surface area contributed by atoms with Gasteiger partial charge in [0.05, 0.1) is 11.8 Å². The van der Waals surface area contributed by atoms with Gasteiger partial charge in [0.15, 0.2) is 0 Å². The second kappa shape index (κ2) is 6.19. The fourth-order valence-electron chi connectivity index (χ4n) is 5.20. The summed E-state index contributed by atoms with van der Waals surface area (Å²) in [7, 11) is 0. The van der Waals surface area contributed by atoms with Crippen LogP contribution in [0.15, 0.2) is 16.6 Å². The lowest BCUT2D eigenvalue weighted by Crippen LogP contribution is -2.46. The number of fused-ring (bicyclic) bond motifs is 5. The lowest BCUT2D eigenvalue weighted by molar-refractivity contribution is -0.146. The topological polar surface area (TPSA) is 66.5 Å². The number of benzene rings is 1. The molecule has 0 aromatic heterocycles. The van der Waals surface area contributed by atoms with Crippen molar-refractivity contribution in [3.8, 4) is 0 Å². The molecular formula is C20H23BrN2O3. The first-order chi connectivity index (χ1) is 12.3. The Kier molecular flexibility index (Phi) is 4.21. The molecule has 6 heteroatoms. The van der Waals surface area contributed by atoms with Crippen LogP contribution in [0.3, 0.4) is 0 Å². The lowest BCUT2D eigenvalue weighted by Gasteiger charge is -2.24. The second-order valence-electron chi connectivity index (χ2n) is 8.02. The van der Waals surface area contributed by atoms with Gasteiger partial charge in [-0.15, -0.1) is 0 Å². The predicted octanol–water partition coefficient (Wildman–Crippen LogP) is 3.42. The highest BCUT2D eigenvalue weighted by molar-refractivity contribution is 9.10. The monoisotopic (exact) mass is 418 g/mol. The quantitative estimate of drug-likeness (QED) is 0.764. The van der Waals surface area contributed by atoms with E-state index in [9.17, 15) is 14.4 Å². The van der Waals surface area contributed by atoms with Crippen LogP contribution in [0.5, 0.6) is 0 Å². The Labute approximate surface area is 161 Å². The number of hydrogen-bond acceptors (Lipinski definition) is 3. The van der Waals surface area contributed by atoms with E-state index in [0.717, 1.165) is 34.9 Å². The Bertz CT molecular complexity index is 770. The highest BCUT2D eigenvalue weighted by atomic mass is 79.9. The van der Waals surface area contributed by atoms with E-state index in [1.165, 1.54) is 4.90 Å². The summed E-state index contributed by atoms with van der Waals surface area (Å²) < 4.78 is 1.01. The zero-order chi connectivity index (χ0) is 18.7. The molecule has 3 aliphatic rings. The van der Waals surface area contributed by atoms with Gasteiger partial charge >= 0.3 is 0 Å². The number of nitrogens with zero attached hydrogens (tertiary/aromatic N) is 1. The molecule has 3 amide bonds. The number of carbonyl (C=O) groups excluding carboxylic acids is 3. The molecular weight excluding hydrogens is 396 g/mol. The number of halogens is 1. The van der Waals surface area contributed by atoms with Crippen LogP contribution in [-0.4, -0.2) is 28.7 Å². The van der Waals surface area contributed by atoms with E-state index in [2.05, 4.69) is 21.2 Å². The predicted molar refractivity (Wildman–Crippen MR) is 101 cm³/mol. The molecule has 1 saturated heterocycles. The summed E-state index contributed by atoms with van der Waals surface area (Å²) in [6, 6.07) is 2.97. The van der Waals surface area contributed by atoms with Gasteiger partial charge in [0, 0.05) is 10.2 Å². The molecule has 138 valence electrons. The van der Waals surface area contributed by atoms with Crippen molar-refractivity contribution >= 4 is 39.3 Å². The summed E-state index contributed by atoms with van der Waals surface area (Å²) in [4.78, 5) is 39.7. The Morgan fingerprint density at radius 1 is 1.12 bits per heavy atom. The standard InChI is InChI=1S/C20H23BrN2O3/c1-9-6-14(7-10(2)17(9)21)22-18(24)11(3)23-19(25)15-12-4-5-13(8-12)16(15)20(23)26/h6-7,11-13,15-16H,4-5,8H2,1-3H3,(H,22,24)/t11-,12-,13+,15-,16+/m1/s1. The van der Waals surface area contributed by atoms with Crippen molar-refractivity contribution in [2.75, 3.05) is 5.32 Å². The van der Waals surface area contributed by atoms with Crippen molar-refractivity contribution in [1.82, 2.24) is 4.90 Å². The van der Waals surface area contributed by atoms with Crippen molar-refractivity contribution < 1.29 is 14.4 Å². The average molecular weight is 419 g/mol. The average Bonchev–Trinajstić information content (AvgIpc) is 3.26. The van der Waals surface area contributed by atoms with Crippen molar-refractivity contribution in [1.29, 1.82) is 0 Å². The molecule has 3 fully saturated rings. The zero-order valence-electron chi connectivity index (χ0n) is 15.2. The third-order valence-electron chi connectivity index (χ3n) is 6.43. The fraction of sp³-hybridized carbons (Fsp3) is 0.550. The molecule has 26 heavy (non-hydrogen) atoms. The lowest BCUT2D eigenvalue weighted by atomic mass is 9.81. The van der Waals surface area contributed by atoms with Gasteiger partial charge in [0.1, 0.15) is 6.04 Å². The summed E-state index contributed by atoms with van der Waals surface area (Å²) in [6.07, 6.45) is 3.08. The molecule has 2 saturated carbocycles. The second-order valence-corrected chi connectivity index (χ2v) is 8.81. The van der Waals surface area contributed by atoms with E-state index in [1.807, 2.05) is 26.0 Å². The minimum atomic E-state index is -0.788. The highest BCUT2D eigenvalue weighted by Crippen LogP contribution is 2.56. The summed E-state index contributed by atoms with van der Waals surface area (Å²) in [5.74, 6) is -0.310. The Balaban J connectivity index is 1.52. The SMILES string of the molecule is Cc1cc(NC(=O)[C@@H](C)N2C(=O)[C@@H]3[C@@H]4CC[C@@H](C4)[C@@H]3C2=O)cc(C)c1Br. The van der Waals surface area contributed by atoms with Crippen LogP contribution in [0.25, 0.3) is 0 Å². The largest absolute Gasteiger partial charge is 0.324 e. The van der Waals surface area contributed by atoms with Crippen molar-refractivity contribution in [2.45, 2.75) is 46.1 Å². The zero-order valence-corrected chi connectivity index (χ0v) is 16.8. The number of aryl methyl sites for hydroxylation is 2. The normalized spacial score (nSPS) is 30.7. The van der Waals surface area contributed by atoms with Crippen molar-refractivity contribution in [2.24, 2.45) is 23.7 Å². The van der Waals surface area contributed by atoms with E-state index in [-0.39, 0.29) is 29.6 Å². The van der Waals surface area contributed by atoms with Crippen LogP contribution in [0.2, 0.25) is 0 Å². The maximum Gasteiger partial charge on any atom is 0.247 e. The maximum atomic E-state index is 12.9. The molecule has 0 radical (unpaired) electrons. The molecule has 0 unspecified atom stereocenters. The number of hydrogen-bond donors (Lipinski definition) is 1. The van der Waals surface area contributed by atoms with Gasteiger partial charge in [0.2, 0.25) is 17.7 Å². The molecule has 1 aromatic rings. The number of nitrogens with one attached hydrogen (secondary N) is 1. The molecule has 1 heterocycles. The molecule has 5 nitrogen and oxygen atoms in total. The first-order valence-corrected chi connectivity index (χ1v) is 10.0. The summed E-state index contributed by atoms with van der Waals surface area (Å²) >= 11 is 3.51. The number of amides is 3. The van der Waals surface area contributed by atoms with Crippen LogP contribution in [0, 0.1) is 37.5 Å². The number of rotatable bonds is 3. The van der Waals surface area contributed by atoms with Crippen LogP contribution in [0.4, 0.5) is 5.69 Å². The Morgan fingerprint density at radius 2 is 1.62 bits per heavy atom. The Hall–Kier alpha value is -1.69. The van der Waals surface area contributed by atoms with Crippen LogP contribution in [0.1, 0.15) is 37.3 Å². The van der Waals surface area contributed by atoms with E-state index in [1.54, 1.807) is 6.92 Å². The number of imide groups is 1. The smallest absolute Gasteiger partial charge is 0.247 e. The van der Waals surface area contributed by atoms with E-state index in [4.69, 9.17) is 0 Å². The molecule has 1 N–H and O–H groups in total. The van der Waals surface area contributed by atoms with E-state index >= 15 is 0 Å². The van der Waals surface area contributed by atoms with Gasteiger partial charge in [-0.3, -0.25) is 19.3 Å². The van der Waals surface area contributed by atoms with Crippen LogP contribution in [-0.2, 0) is 14.4 Å². The minimum Gasteiger partial charge on any atom is -0.324 e. The third-order valence-corrected chi connectivity index (χ3v) is 7.68. The maximum absolute atomic E-state index is 12.9. The highest BCUT2D eigenvalue weighted by Gasteiger charge is 2.62. The molecule has 2 aliphatic carbocycles. The molecule has 1 aromatic carbocycles. The number of anilines is 1. The molecule has 5 atom stereocenters. The van der Waals surface area contributed by atoms with Crippen LogP contribution < -0.4 is 5.32 Å². The number of carbonyl (C=O) groups is 3. The van der Waals surface area contributed by atoms with Gasteiger partial charge < -0.3 is 5.32 Å².